The molecule has 0 aliphatic heterocycles. The number of rotatable bonds is 7. The molecule has 0 unspecified atom stereocenters. The van der Waals surface area contributed by atoms with Crippen LogP contribution < -0.4 is 0 Å². The van der Waals surface area contributed by atoms with Crippen LogP contribution in [0.2, 0.25) is 0 Å². The summed E-state index contributed by atoms with van der Waals surface area (Å²) in [7, 11) is 1.75. The summed E-state index contributed by atoms with van der Waals surface area (Å²) in [5, 5.41) is 8.38. The van der Waals surface area contributed by atoms with Crippen molar-refractivity contribution in [2.24, 2.45) is 0 Å². The van der Waals surface area contributed by atoms with Crippen molar-refractivity contribution in [3.63, 3.8) is 0 Å². The van der Waals surface area contributed by atoms with Gasteiger partial charge in [-0.2, -0.15) is 11.8 Å². The fourth-order valence-corrected chi connectivity index (χ4v) is 1.39. The summed E-state index contributed by atoms with van der Waals surface area (Å²) in [6.07, 6.45) is 2.82. The Balaban J connectivity index is 3.56. The van der Waals surface area contributed by atoms with Gasteiger partial charge in [-0.3, -0.25) is 9.59 Å². The molecule has 82 valence electrons. The average Bonchev–Trinajstić information content (AvgIpc) is 2.13. The molecule has 0 fully saturated rings. The van der Waals surface area contributed by atoms with Crippen molar-refractivity contribution in [2.75, 3.05) is 25.6 Å². The van der Waals surface area contributed by atoms with Gasteiger partial charge >= 0.3 is 5.97 Å². The molecule has 14 heavy (non-hydrogen) atoms. The fourth-order valence-electron chi connectivity index (χ4n) is 0.935. The van der Waals surface area contributed by atoms with Gasteiger partial charge in [-0.25, -0.2) is 0 Å². The minimum Gasteiger partial charge on any atom is -0.481 e. The summed E-state index contributed by atoms with van der Waals surface area (Å²) < 4.78 is 0. The molecule has 0 rings (SSSR count). The van der Waals surface area contributed by atoms with Crippen molar-refractivity contribution in [1.82, 2.24) is 4.90 Å². The lowest BCUT2D eigenvalue weighted by molar-refractivity contribution is -0.137. The van der Waals surface area contributed by atoms with Gasteiger partial charge in [0.05, 0.1) is 0 Å². The lowest BCUT2D eigenvalue weighted by atomic mass is 10.2. The van der Waals surface area contributed by atoms with E-state index in [0.29, 0.717) is 12.8 Å². The molecular formula is C9H17NO3S. The Labute approximate surface area is 88.7 Å². The molecule has 0 aromatic rings. The van der Waals surface area contributed by atoms with E-state index in [-0.39, 0.29) is 12.3 Å². The number of hydrogen-bond donors (Lipinski definition) is 1. The van der Waals surface area contributed by atoms with Gasteiger partial charge in [-0.15, -0.1) is 0 Å². The molecule has 0 heterocycles. The third-order valence-electron chi connectivity index (χ3n) is 1.84. The first-order valence-corrected chi connectivity index (χ1v) is 5.92. The normalized spacial score (nSPS) is 9.86. The molecule has 0 aromatic heterocycles. The zero-order valence-corrected chi connectivity index (χ0v) is 9.47. The van der Waals surface area contributed by atoms with Gasteiger partial charge in [0.15, 0.2) is 0 Å². The molecule has 0 bridgehead atoms. The second-order valence-electron chi connectivity index (χ2n) is 3.06. The molecule has 1 N–H and O–H groups in total. The van der Waals surface area contributed by atoms with Gasteiger partial charge in [0.1, 0.15) is 0 Å². The number of thioether (sulfide) groups is 1. The molecule has 1 amide bonds. The van der Waals surface area contributed by atoms with E-state index in [2.05, 4.69) is 0 Å². The lowest BCUT2D eigenvalue weighted by Crippen LogP contribution is -2.28. The molecule has 0 spiro atoms. The standard InChI is InChI=1S/C9H17NO3S/c1-10(6-7-14-2)8(11)4-3-5-9(12)13/h3-7H2,1-2H3,(H,12,13). The summed E-state index contributed by atoms with van der Waals surface area (Å²) in [5.74, 6) is 0.103. The van der Waals surface area contributed by atoms with Crippen molar-refractivity contribution < 1.29 is 14.7 Å². The van der Waals surface area contributed by atoms with Crippen LogP contribution in [0.1, 0.15) is 19.3 Å². The molecule has 0 radical (unpaired) electrons. The molecule has 0 aliphatic rings. The van der Waals surface area contributed by atoms with Crippen molar-refractivity contribution in [1.29, 1.82) is 0 Å². The van der Waals surface area contributed by atoms with Gasteiger partial charge in [-0.05, 0) is 12.7 Å². The van der Waals surface area contributed by atoms with Crippen molar-refractivity contribution in [3.8, 4) is 0 Å². The SMILES string of the molecule is CSCCN(C)C(=O)CCCC(=O)O. The Morgan fingerprint density at radius 2 is 2.00 bits per heavy atom. The van der Waals surface area contributed by atoms with E-state index in [1.165, 1.54) is 0 Å². The van der Waals surface area contributed by atoms with Crippen LogP contribution >= 0.6 is 11.8 Å². The highest BCUT2D eigenvalue weighted by molar-refractivity contribution is 7.98. The van der Waals surface area contributed by atoms with Gasteiger partial charge < -0.3 is 10.0 Å². The maximum absolute atomic E-state index is 11.4. The molecule has 0 atom stereocenters. The fraction of sp³-hybridized carbons (Fsp3) is 0.778. The number of amides is 1. The molecule has 0 aromatic carbocycles. The van der Waals surface area contributed by atoms with Gasteiger partial charge in [0.25, 0.3) is 0 Å². The Kier molecular flexibility index (Phi) is 7.28. The largest absolute Gasteiger partial charge is 0.481 e. The van der Waals surface area contributed by atoms with Crippen LogP contribution in [0.25, 0.3) is 0 Å². The first kappa shape index (κ1) is 13.3. The lowest BCUT2D eigenvalue weighted by Gasteiger charge is -2.15. The maximum atomic E-state index is 11.4. The summed E-state index contributed by atoms with van der Waals surface area (Å²) in [5.41, 5.74) is 0. The van der Waals surface area contributed by atoms with E-state index in [0.717, 1.165) is 12.3 Å². The summed E-state index contributed by atoms with van der Waals surface area (Å²) >= 11 is 1.69. The second kappa shape index (κ2) is 7.67. The van der Waals surface area contributed by atoms with E-state index in [1.54, 1.807) is 23.7 Å². The van der Waals surface area contributed by atoms with Crippen LogP contribution in [0.3, 0.4) is 0 Å². The molecular weight excluding hydrogens is 202 g/mol. The number of aliphatic carboxylic acids is 1. The highest BCUT2D eigenvalue weighted by atomic mass is 32.2. The maximum Gasteiger partial charge on any atom is 0.303 e. The first-order valence-electron chi connectivity index (χ1n) is 4.52. The minimum absolute atomic E-state index is 0.0281. The Morgan fingerprint density at radius 1 is 1.36 bits per heavy atom. The van der Waals surface area contributed by atoms with Crippen LogP contribution in [0.5, 0.6) is 0 Å². The van der Waals surface area contributed by atoms with Crippen LogP contribution in [0, 0.1) is 0 Å². The highest BCUT2D eigenvalue weighted by Crippen LogP contribution is 2.01. The number of hydrogen-bond acceptors (Lipinski definition) is 3. The second-order valence-corrected chi connectivity index (χ2v) is 4.04. The minimum atomic E-state index is -0.843. The van der Waals surface area contributed by atoms with E-state index < -0.39 is 5.97 Å². The number of carboxylic acids is 1. The Bertz CT molecular complexity index is 196. The molecule has 5 heteroatoms. The van der Waals surface area contributed by atoms with E-state index in [4.69, 9.17) is 5.11 Å². The summed E-state index contributed by atoms with van der Waals surface area (Å²) in [6, 6.07) is 0. The van der Waals surface area contributed by atoms with E-state index >= 15 is 0 Å². The monoisotopic (exact) mass is 219 g/mol. The van der Waals surface area contributed by atoms with Crippen LogP contribution in [-0.4, -0.2) is 47.5 Å². The highest BCUT2D eigenvalue weighted by Gasteiger charge is 2.08. The number of carboxylic acid groups (broad SMARTS) is 1. The number of nitrogens with zero attached hydrogens (tertiary/aromatic N) is 1. The Hall–Kier alpha value is -0.710. The summed E-state index contributed by atoms with van der Waals surface area (Å²) in [4.78, 5) is 23.2. The van der Waals surface area contributed by atoms with Crippen molar-refractivity contribution in [2.45, 2.75) is 19.3 Å². The van der Waals surface area contributed by atoms with Gasteiger partial charge in [0, 0.05) is 32.2 Å². The van der Waals surface area contributed by atoms with Gasteiger partial charge in [0.2, 0.25) is 5.91 Å². The summed E-state index contributed by atoms with van der Waals surface area (Å²) in [6.45, 7) is 0.729. The van der Waals surface area contributed by atoms with E-state index in [1.807, 2.05) is 6.26 Å². The third-order valence-corrected chi connectivity index (χ3v) is 2.43. The van der Waals surface area contributed by atoms with Crippen LogP contribution in [0.15, 0.2) is 0 Å². The topological polar surface area (TPSA) is 57.6 Å². The predicted octanol–water partition coefficient (Wildman–Crippen LogP) is 1.06. The molecule has 0 saturated carbocycles. The zero-order valence-electron chi connectivity index (χ0n) is 8.65. The predicted molar refractivity (Wildman–Crippen MR) is 57.5 cm³/mol. The molecule has 0 aliphatic carbocycles. The average molecular weight is 219 g/mol. The number of carbonyl (C=O) groups is 2. The van der Waals surface area contributed by atoms with Crippen molar-refractivity contribution in [3.05, 3.63) is 0 Å². The van der Waals surface area contributed by atoms with Gasteiger partial charge in [-0.1, -0.05) is 0 Å². The van der Waals surface area contributed by atoms with Crippen LogP contribution in [0.4, 0.5) is 0 Å². The molecule has 4 nitrogen and oxygen atoms in total. The quantitative estimate of drug-likeness (QED) is 0.695. The zero-order chi connectivity index (χ0) is 11.0. The van der Waals surface area contributed by atoms with Crippen molar-refractivity contribution >= 4 is 23.6 Å². The van der Waals surface area contributed by atoms with Crippen LogP contribution in [-0.2, 0) is 9.59 Å². The molecule has 0 saturated heterocycles. The Morgan fingerprint density at radius 3 is 2.50 bits per heavy atom. The number of carbonyl (C=O) groups excluding carboxylic acids is 1. The smallest absolute Gasteiger partial charge is 0.303 e. The van der Waals surface area contributed by atoms with E-state index in [9.17, 15) is 9.59 Å². The third kappa shape index (κ3) is 6.77. The first-order chi connectivity index (χ1) is 6.57.